The molecule has 2 aliphatic heterocycles. The molecule has 0 spiro atoms. The lowest BCUT2D eigenvalue weighted by molar-refractivity contribution is -0.142. The number of nitrogens with zero attached hydrogens (tertiary/aromatic N) is 2. The van der Waals surface area contributed by atoms with Crippen LogP contribution >= 0.6 is 23.2 Å². The Morgan fingerprint density at radius 2 is 1.61 bits per heavy atom. The van der Waals surface area contributed by atoms with Crippen molar-refractivity contribution < 1.29 is 38.0 Å². The summed E-state index contributed by atoms with van der Waals surface area (Å²) in [5.74, 6) is -0.128. The molecule has 8 rings (SSSR count). The minimum absolute atomic E-state index is 0.0124. The average Bonchev–Trinajstić information content (AvgIpc) is 3.29. The normalized spacial score (nSPS) is 16.0. The smallest absolute Gasteiger partial charge is 0.326 e. The molecule has 62 heavy (non-hydrogen) atoms. The quantitative estimate of drug-likeness (QED) is 0.117. The fourth-order valence-electron chi connectivity index (χ4n) is 7.73. The number of carbonyl (C=O) groups is 2. The molecule has 13 heteroatoms. The number of carboxylic acid groups (broad SMARTS) is 1. The maximum atomic E-state index is 15.4. The van der Waals surface area contributed by atoms with Crippen molar-refractivity contribution >= 4 is 35.1 Å². The number of amides is 1. The molecule has 2 aliphatic rings. The van der Waals surface area contributed by atoms with E-state index in [0.29, 0.717) is 50.8 Å². The molecule has 0 aromatic heterocycles. The summed E-state index contributed by atoms with van der Waals surface area (Å²) in [5.41, 5.74) is 6.81. The van der Waals surface area contributed by atoms with Crippen LogP contribution in [-0.4, -0.2) is 47.7 Å². The molecular weight excluding hydrogens is 832 g/mol. The Kier molecular flexibility index (Phi) is 12.6. The van der Waals surface area contributed by atoms with E-state index >= 15 is 4.39 Å². The standard InChI is InChI=1S/C49H40Cl2FN3O7/c1-59-44-4-2-3-41(52)38(44)26-55-25-36-23-46-45(61-28-47(62-46)34-14-16-37(17-15-34)60-27-31-9-18-39(50)40(51)19-31)22-35(36)21-43(55)48(56)54-42(49(57)58)20-29-5-10-32(11-6-29)33-12-7-30(24-53)8-13-33/h2-19,22-23,42-43,47H,20-21,25-28H2,1H3,(H,54,56)(H,57,58)/t42-,43-,47?/m0/s1. The zero-order valence-corrected chi connectivity index (χ0v) is 35.0. The number of fused-ring (bicyclic) bond motifs is 2. The number of nitrogens with one attached hydrogen (secondary N) is 1. The molecule has 0 fully saturated rings. The van der Waals surface area contributed by atoms with E-state index in [1.807, 2.05) is 83.8 Å². The summed E-state index contributed by atoms with van der Waals surface area (Å²) >= 11 is 12.2. The summed E-state index contributed by atoms with van der Waals surface area (Å²) in [6, 6.07) is 35.8. The number of halogens is 3. The Morgan fingerprint density at radius 1 is 0.903 bits per heavy atom. The predicted molar refractivity (Wildman–Crippen MR) is 232 cm³/mol. The van der Waals surface area contributed by atoms with Gasteiger partial charge in [-0.05, 0) is 106 Å². The maximum Gasteiger partial charge on any atom is 0.326 e. The predicted octanol–water partition coefficient (Wildman–Crippen LogP) is 9.51. The second-order valence-corrected chi connectivity index (χ2v) is 15.9. The van der Waals surface area contributed by atoms with Gasteiger partial charge < -0.3 is 29.4 Å². The second kappa shape index (κ2) is 18.6. The van der Waals surface area contributed by atoms with Crippen LogP contribution < -0.4 is 24.3 Å². The van der Waals surface area contributed by atoms with Gasteiger partial charge in [0.05, 0.1) is 34.8 Å². The number of nitriles is 1. The van der Waals surface area contributed by atoms with E-state index in [2.05, 4.69) is 11.4 Å². The van der Waals surface area contributed by atoms with Gasteiger partial charge in [0.1, 0.15) is 36.6 Å². The zero-order chi connectivity index (χ0) is 43.3. The van der Waals surface area contributed by atoms with Crippen LogP contribution in [0.15, 0.2) is 121 Å². The summed E-state index contributed by atoms with van der Waals surface area (Å²) in [6.45, 7) is 0.801. The van der Waals surface area contributed by atoms with Crippen LogP contribution in [0.3, 0.4) is 0 Å². The fourth-order valence-corrected chi connectivity index (χ4v) is 8.05. The highest BCUT2D eigenvalue weighted by Gasteiger charge is 2.36. The highest BCUT2D eigenvalue weighted by atomic mass is 35.5. The third-order valence-electron chi connectivity index (χ3n) is 11.1. The van der Waals surface area contributed by atoms with Crippen molar-refractivity contribution in [1.82, 2.24) is 10.2 Å². The highest BCUT2D eigenvalue weighted by Crippen LogP contribution is 2.41. The molecule has 1 amide bonds. The number of carbonyl (C=O) groups excluding carboxylic acids is 1. The van der Waals surface area contributed by atoms with Gasteiger partial charge in [0.2, 0.25) is 5.91 Å². The first-order valence-electron chi connectivity index (χ1n) is 19.8. The Bertz CT molecular complexity index is 2650. The molecule has 6 aromatic carbocycles. The first-order chi connectivity index (χ1) is 30.0. The van der Waals surface area contributed by atoms with Gasteiger partial charge >= 0.3 is 5.97 Å². The van der Waals surface area contributed by atoms with Crippen molar-refractivity contribution in [2.75, 3.05) is 13.7 Å². The number of ether oxygens (including phenoxy) is 4. The lowest BCUT2D eigenvalue weighted by Gasteiger charge is -2.38. The molecule has 3 atom stereocenters. The third kappa shape index (κ3) is 9.48. The van der Waals surface area contributed by atoms with Crippen molar-refractivity contribution in [3.8, 4) is 40.2 Å². The number of hydrogen-bond donors (Lipinski definition) is 2. The summed E-state index contributed by atoms with van der Waals surface area (Å²) in [4.78, 5) is 28.7. The van der Waals surface area contributed by atoms with Gasteiger partial charge in [-0.25, -0.2) is 9.18 Å². The summed E-state index contributed by atoms with van der Waals surface area (Å²) in [5, 5.41) is 23.1. The molecule has 1 unspecified atom stereocenters. The first kappa shape index (κ1) is 42.1. The Labute approximate surface area is 367 Å². The number of methoxy groups -OCH3 is 1. The molecule has 314 valence electrons. The van der Waals surface area contributed by atoms with Crippen molar-refractivity contribution in [3.05, 3.63) is 176 Å². The van der Waals surface area contributed by atoms with Crippen molar-refractivity contribution in [1.29, 1.82) is 5.26 Å². The molecule has 10 nitrogen and oxygen atoms in total. The largest absolute Gasteiger partial charge is 0.496 e. The minimum atomic E-state index is -1.24. The van der Waals surface area contributed by atoms with Crippen molar-refractivity contribution in [2.45, 2.75) is 50.7 Å². The minimum Gasteiger partial charge on any atom is -0.496 e. The highest BCUT2D eigenvalue weighted by molar-refractivity contribution is 6.42. The van der Waals surface area contributed by atoms with Crippen LogP contribution in [0.2, 0.25) is 10.0 Å². The lowest BCUT2D eigenvalue weighted by atomic mass is 9.91. The van der Waals surface area contributed by atoms with Crippen LogP contribution in [0.25, 0.3) is 11.1 Å². The van der Waals surface area contributed by atoms with E-state index in [0.717, 1.165) is 33.4 Å². The van der Waals surface area contributed by atoms with Gasteiger partial charge in [0.15, 0.2) is 17.6 Å². The van der Waals surface area contributed by atoms with E-state index < -0.39 is 35.9 Å². The number of carboxylic acids is 1. The Morgan fingerprint density at radius 3 is 2.31 bits per heavy atom. The van der Waals surface area contributed by atoms with E-state index in [1.54, 1.807) is 36.4 Å². The van der Waals surface area contributed by atoms with Gasteiger partial charge in [0.25, 0.3) is 0 Å². The van der Waals surface area contributed by atoms with E-state index in [1.165, 1.54) is 13.2 Å². The van der Waals surface area contributed by atoms with E-state index in [4.69, 9.17) is 47.4 Å². The number of rotatable bonds is 13. The monoisotopic (exact) mass is 871 g/mol. The first-order valence-corrected chi connectivity index (χ1v) is 20.6. The fraction of sp³-hybridized carbons (Fsp3) is 0.204. The molecule has 0 saturated heterocycles. The summed E-state index contributed by atoms with van der Waals surface area (Å²) in [7, 11) is 1.46. The molecule has 2 N–H and O–H groups in total. The molecule has 2 heterocycles. The molecule has 6 aromatic rings. The molecular formula is C49H40Cl2FN3O7. The van der Waals surface area contributed by atoms with Gasteiger partial charge in [-0.2, -0.15) is 5.26 Å². The van der Waals surface area contributed by atoms with Gasteiger partial charge in [-0.1, -0.05) is 83.9 Å². The van der Waals surface area contributed by atoms with Crippen molar-refractivity contribution in [3.63, 3.8) is 0 Å². The lowest BCUT2D eigenvalue weighted by Crippen LogP contribution is -2.54. The van der Waals surface area contributed by atoms with Crippen LogP contribution in [0.4, 0.5) is 4.39 Å². The van der Waals surface area contributed by atoms with Crippen molar-refractivity contribution in [2.24, 2.45) is 0 Å². The zero-order valence-electron chi connectivity index (χ0n) is 33.4. The molecule has 0 radical (unpaired) electrons. The number of aliphatic carboxylic acids is 1. The van der Waals surface area contributed by atoms with Gasteiger partial charge in [-0.15, -0.1) is 0 Å². The van der Waals surface area contributed by atoms with Crippen LogP contribution in [0.1, 0.15) is 45.0 Å². The number of benzene rings is 6. The second-order valence-electron chi connectivity index (χ2n) is 15.1. The topological polar surface area (TPSA) is 130 Å². The maximum absolute atomic E-state index is 15.4. The summed E-state index contributed by atoms with van der Waals surface area (Å²) in [6.07, 6.45) is -0.174. The molecule has 0 aliphatic carbocycles. The van der Waals surface area contributed by atoms with Gasteiger partial charge in [0, 0.05) is 25.1 Å². The molecule has 0 bridgehead atoms. The molecule has 0 saturated carbocycles. The SMILES string of the molecule is COc1cccc(F)c1CN1Cc2cc3c(cc2C[C@H]1C(=O)N[C@@H](Cc1ccc(-c2ccc(C#N)cc2)cc1)C(=O)O)OCC(c1ccc(OCc2ccc(Cl)c(Cl)c2)cc1)O3. The Balaban J connectivity index is 0.990. The van der Waals surface area contributed by atoms with E-state index in [-0.39, 0.29) is 38.1 Å². The summed E-state index contributed by atoms with van der Waals surface area (Å²) < 4.78 is 39.6. The third-order valence-corrected chi connectivity index (χ3v) is 11.8. The van der Waals surface area contributed by atoms with Gasteiger partial charge in [-0.3, -0.25) is 9.69 Å². The van der Waals surface area contributed by atoms with Crippen LogP contribution in [0, 0.1) is 17.1 Å². The van der Waals surface area contributed by atoms with Crippen LogP contribution in [0.5, 0.6) is 23.0 Å². The average molecular weight is 873 g/mol. The van der Waals surface area contributed by atoms with Crippen LogP contribution in [-0.2, 0) is 42.1 Å². The Hall–Kier alpha value is -6.58. The number of hydrogen-bond acceptors (Lipinski definition) is 8. The van der Waals surface area contributed by atoms with E-state index in [9.17, 15) is 14.7 Å².